The van der Waals surface area contributed by atoms with E-state index in [1.807, 2.05) is 47.6 Å². The number of ether oxygens (including phenoxy) is 1. The maximum absolute atomic E-state index is 5.67. The lowest BCUT2D eigenvalue weighted by Gasteiger charge is -2.19. The van der Waals surface area contributed by atoms with Crippen molar-refractivity contribution in [3.8, 4) is 5.75 Å². The maximum Gasteiger partial charge on any atom is 0.195 e. The summed E-state index contributed by atoms with van der Waals surface area (Å²) >= 11 is 7.36. The Morgan fingerprint density at radius 1 is 1.18 bits per heavy atom. The highest BCUT2D eigenvalue weighted by Crippen LogP contribution is 2.38. The van der Waals surface area contributed by atoms with Crippen LogP contribution in [0.4, 0.5) is 5.00 Å². The van der Waals surface area contributed by atoms with Crippen LogP contribution in [-0.2, 0) is 6.54 Å². The van der Waals surface area contributed by atoms with E-state index in [-0.39, 0.29) is 0 Å². The van der Waals surface area contributed by atoms with Gasteiger partial charge in [-0.25, -0.2) is 5.01 Å². The third kappa shape index (κ3) is 3.39. The lowest BCUT2D eigenvalue weighted by Crippen LogP contribution is -2.29. The molecule has 0 radical (unpaired) electrons. The smallest absolute Gasteiger partial charge is 0.195 e. The van der Waals surface area contributed by atoms with Gasteiger partial charge in [0.2, 0.25) is 0 Å². The molecule has 0 saturated heterocycles. The molecule has 0 spiro atoms. The van der Waals surface area contributed by atoms with Crippen molar-refractivity contribution in [3.05, 3.63) is 75.9 Å². The summed E-state index contributed by atoms with van der Waals surface area (Å²) in [4.78, 5) is 5.44. The zero-order valence-corrected chi connectivity index (χ0v) is 17.5. The molecule has 1 aliphatic heterocycles. The third-order valence-corrected chi connectivity index (χ3v) is 6.15. The van der Waals surface area contributed by atoms with Gasteiger partial charge in [-0.2, -0.15) is 5.10 Å². The van der Waals surface area contributed by atoms with Crippen molar-refractivity contribution in [2.45, 2.75) is 20.4 Å². The van der Waals surface area contributed by atoms with Crippen LogP contribution < -0.4 is 10.1 Å². The highest BCUT2D eigenvalue weighted by atomic mass is 32.1. The van der Waals surface area contributed by atoms with Gasteiger partial charge in [-0.3, -0.25) is 4.98 Å². The van der Waals surface area contributed by atoms with Crippen LogP contribution in [0.25, 0.3) is 0 Å². The van der Waals surface area contributed by atoms with E-state index in [4.69, 9.17) is 22.1 Å². The predicted molar refractivity (Wildman–Crippen MR) is 118 cm³/mol. The molecule has 3 aromatic rings. The van der Waals surface area contributed by atoms with Crippen molar-refractivity contribution in [3.63, 3.8) is 0 Å². The first kappa shape index (κ1) is 18.6. The highest BCUT2D eigenvalue weighted by molar-refractivity contribution is 7.80. The fourth-order valence-corrected chi connectivity index (χ4v) is 4.51. The predicted octanol–water partition coefficient (Wildman–Crippen LogP) is 4.73. The average molecular weight is 409 g/mol. The number of aryl methyl sites for hydroxylation is 1. The first-order valence-corrected chi connectivity index (χ1v) is 10.1. The number of methoxy groups -OCH3 is 1. The second-order valence-corrected chi connectivity index (χ2v) is 8.10. The molecule has 2 aromatic heterocycles. The molecule has 0 unspecified atom stereocenters. The Kier molecular flexibility index (Phi) is 5.11. The number of nitrogens with one attached hydrogen (secondary N) is 1. The van der Waals surface area contributed by atoms with Crippen LogP contribution in [0.3, 0.4) is 0 Å². The van der Waals surface area contributed by atoms with Crippen molar-refractivity contribution >= 4 is 39.4 Å². The van der Waals surface area contributed by atoms with Crippen LogP contribution in [0.15, 0.2) is 53.9 Å². The minimum absolute atomic E-state index is 0.533. The summed E-state index contributed by atoms with van der Waals surface area (Å²) in [7, 11) is 1.68. The summed E-state index contributed by atoms with van der Waals surface area (Å²) in [5, 5.41) is 11.8. The largest absolute Gasteiger partial charge is 0.496 e. The number of rotatable bonds is 4. The molecule has 4 rings (SSSR count). The first-order valence-electron chi connectivity index (χ1n) is 8.88. The molecule has 0 aliphatic carbocycles. The molecule has 0 atom stereocenters. The molecule has 0 fully saturated rings. The van der Waals surface area contributed by atoms with E-state index < -0.39 is 0 Å². The number of aromatic nitrogens is 1. The molecule has 5 nitrogen and oxygen atoms in total. The maximum atomic E-state index is 5.67. The number of fused-ring (bicyclic) bond motifs is 1. The zero-order valence-electron chi connectivity index (χ0n) is 15.9. The van der Waals surface area contributed by atoms with E-state index in [0.717, 1.165) is 33.2 Å². The number of anilines is 1. The summed E-state index contributed by atoms with van der Waals surface area (Å²) in [5.74, 6) is 0.782. The minimum atomic E-state index is 0.533. The number of hydrazone groups is 1. The van der Waals surface area contributed by atoms with Gasteiger partial charge in [0.1, 0.15) is 16.5 Å². The van der Waals surface area contributed by atoms with E-state index in [1.165, 1.54) is 10.4 Å². The second-order valence-electron chi connectivity index (χ2n) is 6.49. The summed E-state index contributed by atoms with van der Waals surface area (Å²) in [6, 6.07) is 11.9. The highest BCUT2D eigenvalue weighted by Gasteiger charge is 2.27. The number of hydrogen-bond donors (Lipinski definition) is 1. The van der Waals surface area contributed by atoms with E-state index in [9.17, 15) is 0 Å². The molecule has 28 heavy (non-hydrogen) atoms. The van der Waals surface area contributed by atoms with Crippen molar-refractivity contribution < 1.29 is 4.74 Å². The second kappa shape index (κ2) is 7.69. The van der Waals surface area contributed by atoms with Crippen molar-refractivity contribution in [2.24, 2.45) is 5.10 Å². The normalized spacial score (nSPS) is 13.5. The number of nitrogens with zero attached hydrogens (tertiary/aromatic N) is 3. The Morgan fingerprint density at radius 2 is 2.00 bits per heavy atom. The third-order valence-electron chi connectivity index (χ3n) is 4.71. The van der Waals surface area contributed by atoms with Gasteiger partial charge in [-0.05, 0) is 55.4 Å². The minimum Gasteiger partial charge on any atom is -0.496 e. The Bertz CT molecular complexity index is 1060. The van der Waals surface area contributed by atoms with Crippen LogP contribution in [0.2, 0.25) is 0 Å². The van der Waals surface area contributed by atoms with Crippen molar-refractivity contribution in [2.75, 3.05) is 12.4 Å². The molecule has 142 valence electrons. The SMILES string of the molecule is COc1ccccc1C1=NN(Cc2cccnc2)C(=S)Nc2sc(C)c(C)c21. The number of thiocarbonyl (C=S) groups is 1. The molecular formula is C21H20N4OS2. The molecule has 3 heterocycles. The summed E-state index contributed by atoms with van der Waals surface area (Å²) in [6.07, 6.45) is 3.59. The van der Waals surface area contributed by atoms with E-state index in [1.54, 1.807) is 24.6 Å². The molecule has 1 aromatic carbocycles. The van der Waals surface area contributed by atoms with Crippen molar-refractivity contribution in [1.29, 1.82) is 0 Å². The van der Waals surface area contributed by atoms with Crippen LogP contribution in [0.5, 0.6) is 5.75 Å². The summed E-state index contributed by atoms with van der Waals surface area (Å²) in [5.41, 5.74) is 5.10. The first-order chi connectivity index (χ1) is 13.6. The van der Waals surface area contributed by atoms with Gasteiger partial charge in [-0.1, -0.05) is 18.2 Å². The van der Waals surface area contributed by atoms with Gasteiger partial charge in [0.05, 0.1) is 13.7 Å². The Hall–Kier alpha value is -2.77. The molecule has 7 heteroatoms. The van der Waals surface area contributed by atoms with E-state index >= 15 is 0 Å². The van der Waals surface area contributed by atoms with Gasteiger partial charge in [0, 0.05) is 28.4 Å². The fourth-order valence-electron chi connectivity index (χ4n) is 3.18. The van der Waals surface area contributed by atoms with Gasteiger partial charge >= 0.3 is 0 Å². The molecule has 1 N–H and O–H groups in total. The van der Waals surface area contributed by atoms with Gasteiger partial charge in [-0.15, -0.1) is 11.3 Å². The van der Waals surface area contributed by atoms with Gasteiger partial charge < -0.3 is 10.1 Å². The van der Waals surface area contributed by atoms with Gasteiger partial charge in [0.15, 0.2) is 5.11 Å². The molecular weight excluding hydrogens is 388 g/mol. The zero-order chi connectivity index (χ0) is 19.7. The van der Waals surface area contributed by atoms with E-state index in [2.05, 4.69) is 24.1 Å². The summed E-state index contributed by atoms with van der Waals surface area (Å²) < 4.78 is 5.62. The summed E-state index contributed by atoms with van der Waals surface area (Å²) in [6.45, 7) is 4.77. The number of pyridine rings is 1. The van der Waals surface area contributed by atoms with Crippen LogP contribution in [-0.4, -0.2) is 27.9 Å². The fraction of sp³-hybridized carbons (Fsp3) is 0.190. The molecule has 0 amide bonds. The lowest BCUT2D eigenvalue weighted by atomic mass is 9.99. The number of benzene rings is 1. The number of hydrogen-bond acceptors (Lipinski definition) is 5. The average Bonchev–Trinajstić information content (AvgIpc) is 2.91. The quantitative estimate of drug-likeness (QED) is 0.632. The number of thiophene rings is 1. The molecule has 0 bridgehead atoms. The van der Waals surface area contributed by atoms with Crippen molar-refractivity contribution in [1.82, 2.24) is 9.99 Å². The Morgan fingerprint density at radius 3 is 2.75 bits per heavy atom. The Balaban J connectivity index is 1.88. The monoisotopic (exact) mass is 408 g/mol. The topological polar surface area (TPSA) is 49.8 Å². The van der Waals surface area contributed by atoms with Crippen LogP contribution >= 0.6 is 23.6 Å². The standard InChI is InChI=1S/C21H20N4OS2/c1-13-14(2)28-20-18(13)19(16-8-4-5-9-17(16)26-3)24-25(21(27)23-20)12-15-7-6-10-22-11-15/h4-11H,12H2,1-3H3,(H,23,27). The Labute approximate surface area is 173 Å². The van der Waals surface area contributed by atoms with Crippen LogP contribution in [0.1, 0.15) is 27.1 Å². The van der Waals surface area contributed by atoms with Crippen LogP contribution in [0, 0.1) is 13.8 Å². The number of para-hydroxylation sites is 1. The van der Waals surface area contributed by atoms with Gasteiger partial charge in [0.25, 0.3) is 0 Å². The van der Waals surface area contributed by atoms with E-state index in [0.29, 0.717) is 11.7 Å². The lowest BCUT2D eigenvalue weighted by molar-refractivity contribution is 0.413. The molecule has 1 aliphatic rings. The molecule has 0 saturated carbocycles.